The first-order valence-corrected chi connectivity index (χ1v) is 4.10. The van der Waals surface area contributed by atoms with Gasteiger partial charge in [0.05, 0.1) is 11.4 Å². The van der Waals surface area contributed by atoms with E-state index >= 15 is 0 Å². The zero-order valence-corrected chi connectivity index (χ0v) is 8.16. The van der Waals surface area contributed by atoms with Crippen molar-refractivity contribution in [1.29, 1.82) is 0 Å². The van der Waals surface area contributed by atoms with E-state index in [0.717, 1.165) is 0 Å². The monoisotopic (exact) mass is 181 g/mol. The van der Waals surface area contributed by atoms with Crippen molar-refractivity contribution in [3.63, 3.8) is 0 Å². The first-order valence-electron chi connectivity index (χ1n) is 4.10. The van der Waals surface area contributed by atoms with Gasteiger partial charge in [0.25, 0.3) is 5.56 Å². The van der Waals surface area contributed by atoms with Crippen LogP contribution >= 0.6 is 0 Å². The molecular formula is C9H15N3O. The molecule has 0 amide bonds. The molecule has 0 aliphatic rings. The number of pyridine rings is 1. The number of hydrogen-bond acceptors (Lipinski definition) is 3. The van der Waals surface area contributed by atoms with Crippen molar-refractivity contribution in [1.82, 2.24) is 4.57 Å². The third-order valence-electron chi connectivity index (χ3n) is 1.79. The number of nitrogens with two attached hydrogens (primary N) is 2. The van der Waals surface area contributed by atoms with Crippen molar-refractivity contribution in [2.45, 2.75) is 26.3 Å². The van der Waals surface area contributed by atoms with E-state index in [-0.39, 0.29) is 16.8 Å². The average molecular weight is 181 g/mol. The molecule has 4 N–H and O–H groups in total. The van der Waals surface area contributed by atoms with Gasteiger partial charge in [0, 0.05) is 11.7 Å². The van der Waals surface area contributed by atoms with Crippen molar-refractivity contribution < 1.29 is 0 Å². The Labute approximate surface area is 77.2 Å². The third kappa shape index (κ3) is 1.83. The standard InChI is InChI=1S/C9H15N3O/c1-9(2,3)12-5-6(10)4-7(11)8(12)13/h4-5H,10-11H2,1-3H3. The van der Waals surface area contributed by atoms with Crippen molar-refractivity contribution in [3.8, 4) is 0 Å². The van der Waals surface area contributed by atoms with E-state index in [1.165, 1.54) is 10.6 Å². The lowest BCUT2D eigenvalue weighted by Crippen LogP contribution is -2.34. The minimum absolute atomic E-state index is 0.190. The van der Waals surface area contributed by atoms with Crippen molar-refractivity contribution in [2.75, 3.05) is 11.5 Å². The second-order valence-electron chi connectivity index (χ2n) is 4.07. The first kappa shape index (κ1) is 9.64. The second-order valence-corrected chi connectivity index (χ2v) is 4.07. The molecule has 0 aromatic carbocycles. The fourth-order valence-electron chi connectivity index (χ4n) is 1.12. The van der Waals surface area contributed by atoms with Crippen LogP contribution in [0.3, 0.4) is 0 Å². The molecular weight excluding hydrogens is 166 g/mol. The number of nitrogens with zero attached hydrogens (tertiary/aromatic N) is 1. The van der Waals surface area contributed by atoms with Crippen molar-refractivity contribution in [3.05, 3.63) is 22.6 Å². The predicted octanol–water partition coefficient (Wildman–Crippen LogP) is 0.768. The van der Waals surface area contributed by atoms with Gasteiger partial charge in [-0.05, 0) is 26.8 Å². The zero-order chi connectivity index (χ0) is 10.2. The Morgan fingerprint density at radius 2 is 1.85 bits per heavy atom. The molecule has 0 aliphatic carbocycles. The summed E-state index contributed by atoms with van der Waals surface area (Å²) in [4.78, 5) is 11.6. The van der Waals surface area contributed by atoms with Gasteiger partial charge < -0.3 is 16.0 Å². The van der Waals surface area contributed by atoms with Crippen molar-refractivity contribution >= 4 is 11.4 Å². The molecule has 1 rings (SSSR count). The SMILES string of the molecule is CC(C)(C)n1cc(N)cc(N)c1=O. The summed E-state index contributed by atoms with van der Waals surface area (Å²) in [5, 5.41) is 0. The maximum atomic E-state index is 11.6. The van der Waals surface area contributed by atoms with Gasteiger partial charge in [-0.15, -0.1) is 0 Å². The maximum Gasteiger partial charge on any atom is 0.274 e. The van der Waals surface area contributed by atoms with Gasteiger partial charge in [-0.1, -0.05) is 0 Å². The molecule has 0 atom stereocenters. The highest BCUT2D eigenvalue weighted by Gasteiger charge is 2.15. The first-order chi connectivity index (χ1) is 5.82. The molecule has 72 valence electrons. The molecule has 0 bridgehead atoms. The largest absolute Gasteiger partial charge is 0.397 e. The quantitative estimate of drug-likeness (QED) is 0.620. The summed E-state index contributed by atoms with van der Waals surface area (Å²) in [6.07, 6.45) is 1.61. The molecule has 13 heavy (non-hydrogen) atoms. The molecule has 0 radical (unpaired) electrons. The Morgan fingerprint density at radius 3 is 2.31 bits per heavy atom. The van der Waals surface area contributed by atoms with Crippen LogP contribution in [0.15, 0.2) is 17.1 Å². The lowest BCUT2D eigenvalue weighted by atomic mass is 10.1. The summed E-state index contributed by atoms with van der Waals surface area (Å²) < 4.78 is 1.54. The molecule has 0 aliphatic heterocycles. The van der Waals surface area contributed by atoms with E-state index in [1.54, 1.807) is 6.20 Å². The Balaban J connectivity index is 3.47. The third-order valence-corrected chi connectivity index (χ3v) is 1.79. The van der Waals surface area contributed by atoms with Gasteiger partial charge in [-0.25, -0.2) is 0 Å². The van der Waals surface area contributed by atoms with Gasteiger partial charge in [0.2, 0.25) is 0 Å². The zero-order valence-electron chi connectivity index (χ0n) is 8.16. The van der Waals surface area contributed by atoms with Crippen LogP contribution in [0.25, 0.3) is 0 Å². The van der Waals surface area contributed by atoms with Crippen LogP contribution in [0.2, 0.25) is 0 Å². The molecule has 0 unspecified atom stereocenters. The average Bonchev–Trinajstić information content (AvgIpc) is 1.94. The fourth-order valence-corrected chi connectivity index (χ4v) is 1.12. The molecule has 0 saturated heterocycles. The van der Waals surface area contributed by atoms with Gasteiger partial charge in [-0.3, -0.25) is 4.79 Å². The summed E-state index contributed by atoms with van der Waals surface area (Å²) in [6.45, 7) is 5.77. The van der Waals surface area contributed by atoms with Crippen LogP contribution < -0.4 is 17.0 Å². The second kappa shape index (κ2) is 2.80. The van der Waals surface area contributed by atoms with E-state index in [0.29, 0.717) is 5.69 Å². The Kier molecular flexibility index (Phi) is 2.07. The Bertz CT molecular complexity index is 373. The summed E-state index contributed by atoms with van der Waals surface area (Å²) in [7, 11) is 0. The molecule has 1 aromatic heterocycles. The lowest BCUT2D eigenvalue weighted by molar-refractivity contribution is 0.385. The van der Waals surface area contributed by atoms with E-state index in [9.17, 15) is 4.79 Å². The van der Waals surface area contributed by atoms with Crippen LogP contribution in [0, 0.1) is 0 Å². The van der Waals surface area contributed by atoms with Gasteiger partial charge in [-0.2, -0.15) is 0 Å². The number of nitrogen functional groups attached to an aromatic ring is 2. The van der Waals surface area contributed by atoms with Crippen LogP contribution in [0.1, 0.15) is 20.8 Å². The summed E-state index contributed by atoms with van der Waals surface area (Å²) >= 11 is 0. The van der Waals surface area contributed by atoms with Crippen LogP contribution in [0.5, 0.6) is 0 Å². The molecule has 0 spiro atoms. The molecule has 4 nitrogen and oxygen atoms in total. The van der Waals surface area contributed by atoms with Crippen molar-refractivity contribution in [2.24, 2.45) is 0 Å². The van der Waals surface area contributed by atoms with Gasteiger partial charge in [0.15, 0.2) is 0 Å². The molecule has 1 aromatic rings. The smallest absolute Gasteiger partial charge is 0.274 e. The topological polar surface area (TPSA) is 74.0 Å². The molecule has 4 heteroatoms. The number of anilines is 2. The normalized spacial score (nSPS) is 11.6. The lowest BCUT2D eigenvalue weighted by Gasteiger charge is -2.22. The Hall–Kier alpha value is -1.45. The predicted molar refractivity (Wildman–Crippen MR) is 54.5 cm³/mol. The van der Waals surface area contributed by atoms with Crippen LogP contribution in [0.4, 0.5) is 11.4 Å². The van der Waals surface area contributed by atoms with E-state index in [1.807, 2.05) is 20.8 Å². The minimum Gasteiger partial charge on any atom is -0.397 e. The van der Waals surface area contributed by atoms with Crippen LogP contribution in [-0.2, 0) is 5.54 Å². The molecule has 0 saturated carbocycles. The van der Waals surface area contributed by atoms with Gasteiger partial charge >= 0.3 is 0 Å². The van der Waals surface area contributed by atoms with Gasteiger partial charge in [0.1, 0.15) is 0 Å². The summed E-state index contributed by atoms with van der Waals surface area (Å²) in [6, 6.07) is 1.48. The number of aromatic nitrogens is 1. The molecule has 1 heterocycles. The summed E-state index contributed by atoms with van der Waals surface area (Å²) in [5.74, 6) is 0. The van der Waals surface area contributed by atoms with E-state index in [4.69, 9.17) is 11.5 Å². The highest BCUT2D eigenvalue weighted by Crippen LogP contribution is 2.14. The van der Waals surface area contributed by atoms with E-state index < -0.39 is 0 Å². The highest BCUT2D eigenvalue weighted by atomic mass is 16.1. The number of hydrogen-bond donors (Lipinski definition) is 2. The van der Waals surface area contributed by atoms with E-state index in [2.05, 4.69) is 0 Å². The highest BCUT2D eigenvalue weighted by molar-refractivity contribution is 5.48. The molecule has 0 fully saturated rings. The van der Waals surface area contributed by atoms with Crippen LogP contribution in [-0.4, -0.2) is 4.57 Å². The number of rotatable bonds is 0. The fraction of sp³-hybridized carbons (Fsp3) is 0.444. The minimum atomic E-state index is -0.291. The maximum absolute atomic E-state index is 11.6. The Morgan fingerprint density at radius 1 is 1.31 bits per heavy atom. The summed E-state index contributed by atoms with van der Waals surface area (Å²) in [5.41, 5.74) is 11.3.